The maximum Gasteiger partial charge on any atom is 0.262 e. The van der Waals surface area contributed by atoms with Gasteiger partial charge in [0.05, 0.1) is 11.1 Å². The second-order valence-electron chi connectivity index (χ2n) is 8.79. The second-order valence-corrected chi connectivity index (χ2v) is 8.79. The van der Waals surface area contributed by atoms with E-state index in [4.69, 9.17) is 0 Å². The van der Waals surface area contributed by atoms with Gasteiger partial charge < -0.3 is 10.6 Å². The number of hydrogen-bond acceptors (Lipinski definition) is 6. The molecule has 33 heavy (non-hydrogen) atoms. The van der Waals surface area contributed by atoms with Crippen molar-refractivity contribution < 1.29 is 19.2 Å². The molecule has 0 saturated carbocycles. The molecule has 8 heteroatoms. The molecular weight excluding hydrogens is 420 g/mol. The Kier molecular flexibility index (Phi) is 5.68. The summed E-state index contributed by atoms with van der Waals surface area (Å²) in [6, 6.07) is 12.6. The summed E-state index contributed by atoms with van der Waals surface area (Å²) in [6.07, 6.45) is 2.48. The van der Waals surface area contributed by atoms with Gasteiger partial charge in [0.15, 0.2) is 0 Å². The first-order valence-electron chi connectivity index (χ1n) is 11.4. The van der Waals surface area contributed by atoms with Crippen LogP contribution in [-0.4, -0.2) is 47.7 Å². The lowest BCUT2D eigenvalue weighted by Crippen LogP contribution is -2.54. The predicted octanol–water partition coefficient (Wildman–Crippen LogP) is 2.17. The van der Waals surface area contributed by atoms with Gasteiger partial charge in [-0.1, -0.05) is 24.3 Å². The van der Waals surface area contributed by atoms with Crippen LogP contribution < -0.4 is 16.0 Å². The van der Waals surface area contributed by atoms with E-state index in [-0.39, 0.29) is 18.7 Å². The molecule has 3 heterocycles. The molecule has 0 spiro atoms. The summed E-state index contributed by atoms with van der Waals surface area (Å²) in [4.78, 5) is 51.0. The molecule has 0 bridgehead atoms. The number of carbonyl (C=O) groups excluding carboxylic acids is 4. The molecule has 2 saturated heterocycles. The number of nitrogens with one attached hydrogen (secondary N) is 3. The van der Waals surface area contributed by atoms with Crippen LogP contribution in [0.4, 0.5) is 5.69 Å². The number of piperidine rings is 2. The molecule has 0 aromatic heterocycles. The second kappa shape index (κ2) is 8.78. The molecule has 0 radical (unpaired) electrons. The fraction of sp³-hybridized carbons (Fsp3) is 0.360. The van der Waals surface area contributed by atoms with Crippen molar-refractivity contribution in [1.82, 2.24) is 15.5 Å². The summed E-state index contributed by atoms with van der Waals surface area (Å²) in [5.41, 5.74) is 3.59. The third-order valence-corrected chi connectivity index (χ3v) is 6.73. The largest absolute Gasteiger partial charge is 0.381 e. The first-order valence-corrected chi connectivity index (χ1v) is 11.4. The van der Waals surface area contributed by atoms with Gasteiger partial charge in [-0.25, -0.2) is 0 Å². The smallest absolute Gasteiger partial charge is 0.262 e. The Morgan fingerprint density at radius 2 is 1.73 bits per heavy atom. The van der Waals surface area contributed by atoms with E-state index in [2.05, 4.69) is 28.1 Å². The van der Waals surface area contributed by atoms with Gasteiger partial charge >= 0.3 is 0 Å². The third-order valence-electron chi connectivity index (χ3n) is 6.73. The lowest BCUT2D eigenvalue weighted by molar-refractivity contribution is -0.136. The number of anilines is 1. The van der Waals surface area contributed by atoms with Crippen LogP contribution in [0.3, 0.4) is 0 Å². The van der Waals surface area contributed by atoms with Crippen molar-refractivity contribution >= 4 is 29.3 Å². The van der Waals surface area contributed by atoms with Gasteiger partial charge in [-0.3, -0.25) is 29.4 Å². The van der Waals surface area contributed by atoms with Crippen LogP contribution in [0.25, 0.3) is 0 Å². The lowest BCUT2D eigenvalue weighted by atomic mass is 9.90. The van der Waals surface area contributed by atoms with Gasteiger partial charge in [0.2, 0.25) is 11.8 Å². The molecule has 1 unspecified atom stereocenters. The number of rotatable bonds is 5. The van der Waals surface area contributed by atoms with E-state index in [1.807, 2.05) is 18.2 Å². The highest BCUT2D eigenvalue weighted by Gasteiger charge is 2.45. The van der Waals surface area contributed by atoms with Crippen LogP contribution in [0.2, 0.25) is 0 Å². The van der Waals surface area contributed by atoms with E-state index in [1.165, 1.54) is 5.56 Å². The maximum atomic E-state index is 13.2. The number of fused-ring (bicyclic) bond motifs is 1. The molecule has 4 amide bonds. The molecule has 0 aliphatic carbocycles. The van der Waals surface area contributed by atoms with Crippen molar-refractivity contribution in [3.63, 3.8) is 0 Å². The summed E-state index contributed by atoms with van der Waals surface area (Å²) in [5, 5.41) is 9.01. The number of nitrogens with zero attached hydrogens (tertiary/aromatic N) is 1. The molecule has 2 aromatic rings. The summed E-state index contributed by atoms with van der Waals surface area (Å²) < 4.78 is 0. The van der Waals surface area contributed by atoms with Crippen LogP contribution >= 0.6 is 0 Å². The SMILES string of the molecule is O=C1CCC(N2C(=O)c3cccc(CNc4cccc(C5CCNCC5)c4)c3C2=O)C(=O)N1. The normalized spacial score (nSPS) is 21.2. The zero-order valence-corrected chi connectivity index (χ0v) is 18.2. The zero-order chi connectivity index (χ0) is 22.9. The summed E-state index contributed by atoms with van der Waals surface area (Å²) in [7, 11) is 0. The highest BCUT2D eigenvalue weighted by molar-refractivity contribution is 6.24. The summed E-state index contributed by atoms with van der Waals surface area (Å²) in [5.74, 6) is -1.42. The van der Waals surface area contributed by atoms with Gasteiger partial charge in [0.1, 0.15) is 6.04 Å². The Labute approximate surface area is 191 Å². The highest BCUT2D eigenvalue weighted by atomic mass is 16.2. The first-order chi connectivity index (χ1) is 16.0. The van der Waals surface area contributed by atoms with E-state index in [9.17, 15) is 19.2 Å². The Balaban J connectivity index is 1.35. The molecule has 1 atom stereocenters. The highest BCUT2D eigenvalue weighted by Crippen LogP contribution is 2.31. The Morgan fingerprint density at radius 3 is 2.52 bits per heavy atom. The maximum absolute atomic E-state index is 13.2. The molecule has 3 aliphatic rings. The van der Waals surface area contributed by atoms with Crippen molar-refractivity contribution in [3.8, 4) is 0 Å². The average Bonchev–Trinajstić information content (AvgIpc) is 3.09. The van der Waals surface area contributed by atoms with Crippen LogP contribution in [0, 0.1) is 0 Å². The minimum absolute atomic E-state index is 0.103. The Morgan fingerprint density at radius 1 is 0.939 bits per heavy atom. The van der Waals surface area contributed by atoms with Crippen molar-refractivity contribution in [3.05, 3.63) is 64.7 Å². The number of amides is 4. The average molecular weight is 447 g/mol. The fourth-order valence-electron chi connectivity index (χ4n) is 4.99. The van der Waals surface area contributed by atoms with E-state index in [0.717, 1.165) is 36.5 Å². The fourth-order valence-corrected chi connectivity index (χ4v) is 4.99. The standard InChI is InChI=1S/C25H26N4O4/c30-21-8-7-20(23(31)28-21)29-24(32)19-6-2-4-17(22(19)25(29)33)14-27-18-5-1-3-16(13-18)15-9-11-26-12-10-15/h1-6,13,15,20,26-27H,7-12,14H2,(H,28,30,31). The van der Waals surface area contributed by atoms with E-state index < -0.39 is 23.8 Å². The zero-order valence-electron chi connectivity index (χ0n) is 18.2. The predicted molar refractivity (Wildman–Crippen MR) is 122 cm³/mol. The van der Waals surface area contributed by atoms with E-state index in [0.29, 0.717) is 29.2 Å². The lowest BCUT2D eigenvalue weighted by Gasteiger charge is -2.27. The number of carbonyl (C=O) groups is 4. The van der Waals surface area contributed by atoms with Crippen molar-refractivity contribution in [2.45, 2.75) is 44.2 Å². The van der Waals surface area contributed by atoms with Crippen molar-refractivity contribution in [2.75, 3.05) is 18.4 Å². The number of imide groups is 2. The molecule has 2 aromatic carbocycles. The van der Waals surface area contributed by atoms with Gasteiger partial charge in [0.25, 0.3) is 11.8 Å². The van der Waals surface area contributed by atoms with Crippen LogP contribution in [0.1, 0.15) is 63.4 Å². The van der Waals surface area contributed by atoms with Crippen LogP contribution in [0.15, 0.2) is 42.5 Å². The molecule has 3 N–H and O–H groups in total. The monoisotopic (exact) mass is 446 g/mol. The number of hydrogen-bond donors (Lipinski definition) is 3. The van der Waals surface area contributed by atoms with Crippen molar-refractivity contribution in [1.29, 1.82) is 0 Å². The molecular formula is C25H26N4O4. The number of benzene rings is 2. The molecule has 2 fully saturated rings. The first kappa shape index (κ1) is 21.3. The Hall–Kier alpha value is -3.52. The summed E-state index contributed by atoms with van der Waals surface area (Å²) in [6.45, 7) is 2.43. The van der Waals surface area contributed by atoms with E-state index >= 15 is 0 Å². The van der Waals surface area contributed by atoms with E-state index in [1.54, 1.807) is 12.1 Å². The Bertz CT molecular complexity index is 1140. The quantitative estimate of drug-likeness (QED) is 0.608. The minimum atomic E-state index is -0.961. The molecule has 8 nitrogen and oxygen atoms in total. The molecule has 3 aliphatic heterocycles. The van der Waals surface area contributed by atoms with Gasteiger partial charge in [-0.2, -0.15) is 0 Å². The third kappa shape index (κ3) is 4.02. The van der Waals surface area contributed by atoms with Gasteiger partial charge in [0, 0.05) is 18.7 Å². The topological polar surface area (TPSA) is 108 Å². The van der Waals surface area contributed by atoms with Crippen LogP contribution in [0.5, 0.6) is 0 Å². The van der Waals surface area contributed by atoms with Gasteiger partial charge in [-0.15, -0.1) is 0 Å². The van der Waals surface area contributed by atoms with Crippen molar-refractivity contribution in [2.24, 2.45) is 0 Å². The summed E-state index contributed by atoms with van der Waals surface area (Å²) >= 11 is 0. The van der Waals surface area contributed by atoms with Gasteiger partial charge in [-0.05, 0) is 67.6 Å². The van der Waals surface area contributed by atoms with Crippen LogP contribution in [-0.2, 0) is 16.1 Å². The molecule has 5 rings (SSSR count). The minimum Gasteiger partial charge on any atom is -0.381 e. The molecule has 170 valence electrons.